The van der Waals surface area contributed by atoms with Gasteiger partial charge in [-0.2, -0.15) is 0 Å². The molecule has 1 rings (SSSR count). The van der Waals surface area contributed by atoms with Gasteiger partial charge in [0.05, 0.1) is 6.42 Å². The molecule has 0 bridgehead atoms. The molecule has 14 heavy (non-hydrogen) atoms. The van der Waals surface area contributed by atoms with Gasteiger partial charge in [0.1, 0.15) is 0 Å². The Morgan fingerprint density at radius 2 is 2.43 bits per heavy atom. The number of likely N-dealkylation sites (tertiary alicyclic amines) is 1. The van der Waals surface area contributed by atoms with Crippen molar-refractivity contribution in [2.45, 2.75) is 32.2 Å². The lowest BCUT2D eigenvalue weighted by Crippen LogP contribution is -2.49. The van der Waals surface area contributed by atoms with Crippen molar-refractivity contribution in [2.24, 2.45) is 11.7 Å². The summed E-state index contributed by atoms with van der Waals surface area (Å²) in [5, 5.41) is 0. The van der Waals surface area contributed by atoms with Crippen LogP contribution in [0.25, 0.3) is 0 Å². The van der Waals surface area contributed by atoms with Gasteiger partial charge in [-0.15, -0.1) is 6.42 Å². The molecule has 1 heterocycles. The molecule has 2 atom stereocenters. The van der Waals surface area contributed by atoms with E-state index in [1.807, 2.05) is 4.90 Å². The van der Waals surface area contributed by atoms with Gasteiger partial charge >= 0.3 is 0 Å². The SMILES string of the molecule is C#CCC(=O)N1CCC(C)CC1CN. The molecule has 2 N–H and O–H groups in total. The van der Waals surface area contributed by atoms with Crippen LogP contribution >= 0.6 is 0 Å². The molecular formula is C11H18N2O. The summed E-state index contributed by atoms with van der Waals surface area (Å²) >= 11 is 0. The van der Waals surface area contributed by atoms with Crippen LogP contribution in [0.5, 0.6) is 0 Å². The zero-order valence-corrected chi connectivity index (χ0v) is 8.70. The van der Waals surface area contributed by atoms with Crippen LogP contribution in [0.3, 0.4) is 0 Å². The van der Waals surface area contributed by atoms with Crippen LogP contribution in [-0.4, -0.2) is 29.9 Å². The highest BCUT2D eigenvalue weighted by atomic mass is 16.2. The van der Waals surface area contributed by atoms with Crippen molar-refractivity contribution < 1.29 is 4.79 Å². The number of carbonyl (C=O) groups excluding carboxylic acids is 1. The Labute approximate surface area is 85.6 Å². The van der Waals surface area contributed by atoms with Gasteiger partial charge in [-0.25, -0.2) is 0 Å². The lowest BCUT2D eigenvalue weighted by atomic mass is 9.92. The topological polar surface area (TPSA) is 46.3 Å². The highest BCUT2D eigenvalue weighted by Crippen LogP contribution is 2.22. The van der Waals surface area contributed by atoms with Crippen molar-refractivity contribution in [3.8, 4) is 12.3 Å². The summed E-state index contributed by atoms with van der Waals surface area (Å²) in [7, 11) is 0. The maximum atomic E-state index is 11.6. The van der Waals surface area contributed by atoms with E-state index in [9.17, 15) is 4.79 Å². The zero-order valence-electron chi connectivity index (χ0n) is 8.70. The van der Waals surface area contributed by atoms with Crippen LogP contribution in [0, 0.1) is 18.3 Å². The van der Waals surface area contributed by atoms with Crippen LogP contribution < -0.4 is 5.73 Å². The van der Waals surface area contributed by atoms with Gasteiger partial charge in [-0.3, -0.25) is 4.79 Å². The largest absolute Gasteiger partial charge is 0.338 e. The molecule has 1 fully saturated rings. The number of piperidine rings is 1. The van der Waals surface area contributed by atoms with E-state index in [-0.39, 0.29) is 18.4 Å². The average molecular weight is 194 g/mol. The second kappa shape index (κ2) is 5.02. The lowest BCUT2D eigenvalue weighted by Gasteiger charge is -2.37. The minimum absolute atomic E-state index is 0.0508. The number of nitrogens with zero attached hydrogens (tertiary/aromatic N) is 1. The molecule has 1 aliphatic rings. The third kappa shape index (κ3) is 2.49. The van der Waals surface area contributed by atoms with Gasteiger partial charge in [-0.05, 0) is 18.8 Å². The maximum absolute atomic E-state index is 11.6. The van der Waals surface area contributed by atoms with E-state index in [4.69, 9.17) is 12.2 Å². The fraction of sp³-hybridized carbons (Fsp3) is 0.727. The molecule has 1 aliphatic heterocycles. The standard InChI is InChI=1S/C11H18N2O/c1-3-4-11(14)13-6-5-9(2)7-10(13)8-12/h1,9-10H,4-8,12H2,2H3. The van der Waals surface area contributed by atoms with Crippen molar-refractivity contribution in [3.63, 3.8) is 0 Å². The fourth-order valence-electron chi connectivity index (χ4n) is 1.99. The van der Waals surface area contributed by atoms with Gasteiger partial charge in [0.15, 0.2) is 0 Å². The number of terminal acetylenes is 1. The van der Waals surface area contributed by atoms with Crippen LogP contribution in [0.1, 0.15) is 26.2 Å². The Morgan fingerprint density at radius 3 is 3.00 bits per heavy atom. The minimum atomic E-state index is 0.0508. The molecule has 3 heteroatoms. The second-order valence-electron chi connectivity index (χ2n) is 3.99. The molecule has 0 aromatic carbocycles. The zero-order chi connectivity index (χ0) is 10.6. The molecule has 1 amide bonds. The Bertz CT molecular complexity index is 244. The highest BCUT2D eigenvalue weighted by molar-refractivity contribution is 5.79. The maximum Gasteiger partial charge on any atom is 0.234 e. The van der Waals surface area contributed by atoms with Crippen molar-refractivity contribution in [3.05, 3.63) is 0 Å². The van der Waals surface area contributed by atoms with Gasteiger partial charge in [0, 0.05) is 19.1 Å². The number of nitrogens with two attached hydrogens (primary N) is 1. The molecule has 78 valence electrons. The summed E-state index contributed by atoms with van der Waals surface area (Å²) in [6.45, 7) is 3.55. The summed E-state index contributed by atoms with van der Waals surface area (Å²) in [5.74, 6) is 3.10. The highest BCUT2D eigenvalue weighted by Gasteiger charge is 2.27. The van der Waals surface area contributed by atoms with Gasteiger partial charge in [-0.1, -0.05) is 12.8 Å². The third-order valence-corrected chi connectivity index (χ3v) is 2.82. The molecule has 0 spiro atoms. The van der Waals surface area contributed by atoms with E-state index in [1.165, 1.54) is 0 Å². The molecule has 0 saturated carbocycles. The average Bonchev–Trinajstić information content (AvgIpc) is 2.17. The predicted octanol–water partition coefficient (Wildman–Crippen LogP) is 0.596. The Kier molecular flexibility index (Phi) is 3.97. The van der Waals surface area contributed by atoms with Gasteiger partial charge in [0.2, 0.25) is 5.91 Å². The number of hydrogen-bond donors (Lipinski definition) is 1. The molecule has 0 radical (unpaired) electrons. The van der Waals surface area contributed by atoms with Crippen molar-refractivity contribution >= 4 is 5.91 Å². The monoisotopic (exact) mass is 194 g/mol. The number of rotatable bonds is 2. The molecule has 1 saturated heterocycles. The van der Waals surface area contributed by atoms with Crippen molar-refractivity contribution in [1.82, 2.24) is 4.90 Å². The second-order valence-corrected chi connectivity index (χ2v) is 3.99. The summed E-state index contributed by atoms with van der Waals surface area (Å²) in [6.07, 6.45) is 7.39. The smallest absolute Gasteiger partial charge is 0.234 e. The van der Waals surface area contributed by atoms with Crippen LogP contribution in [0.2, 0.25) is 0 Å². The first kappa shape index (κ1) is 11.1. The fourth-order valence-corrected chi connectivity index (χ4v) is 1.99. The molecule has 3 nitrogen and oxygen atoms in total. The minimum Gasteiger partial charge on any atom is -0.338 e. The Balaban J connectivity index is 2.59. The normalized spacial score (nSPS) is 27.1. The lowest BCUT2D eigenvalue weighted by molar-refractivity contribution is -0.134. The molecular weight excluding hydrogens is 176 g/mol. The molecule has 2 unspecified atom stereocenters. The summed E-state index contributed by atoms with van der Waals surface area (Å²) in [5.41, 5.74) is 5.64. The number of amides is 1. The first-order valence-electron chi connectivity index (χ1n) is 5.12. The van der Waals surface area contributed by atoms with Gasteiger partial charge in [0.25, 0.3) is 0 Å². The Morgan fingerprint density at radius 1 is 1.71 bits per heavy atom. The van der Waals surface area contributed by atoms with Crippen molar-refractivity contribution in [2.75, 3.05) is 13.1 Å². The van der Waals surface area contributed by atoms with E-state index in [0.29, 0.717) is 12.5 Å². The Hall–Kier alpha value is -1.01. The first-order valence-corrected chi connectivity index (χ1v) is 5.12. The van der Waals surface area contributed by atoms with Crippen LogP contribution in [0.15, 0.2) is 0 Å². The molecule has 0 aromatic rings. The van der Waals surface area contributed by atoms with E-state index in [2.05, 4.69) is 12.8 Å². The summed E-state index contributed by atoms with van der Waals surface area (Å²) < 4.78 is 0. The van der Waals surface area contributed by atoms with Crippen LogP contribution in [-0.2, 0) is 4.79 Å². The third-order valence-electron chi connectivity index (χ3n) is 2.82. The predicted molar refractivity (Wildman–Crippen MR) is 56.4 cm³/mol. The molecule has 0 aliphatic carbocycles. The van der Waals surface area contributed by atoms with Crippen molar-refractivity contribution in [1.29, 1.82) is 0 Å². The van der Waals surface area contributed by atoms with E-state index >= 15 is 0 Å². The number of carbonyl (C=O) groups is 1. The molecule has 0 aromatic heterocycles. The summed E-state index contributed by atoms with van der Waals surface area (Å²) in [6, 6.07) is 0.194. The summed E-state index contributed by atoms with van der Waals surface area (Å²) in [4.78, 5) is 13.4. The number of hydrogen-bond acceptors (Lipinski definition) is 2. The first-order chi connectivity index (χ1) is 6.69. The van der Waals surface area contributed by atoms with Gasteiger partial charge < -0.3 is 10.6 Å². The quantitative estimate of drug-likeness (QED) is 0.654. The van der Waals surface area contributed by atoms with Crippen LogP contribution in [0.4, 0.5) is 0 Å². The van der Waals surface area contributed by atoms with E-state index < -0.39 is 0 Å². The van der Waals surface area contributed by atoms with E-state index in [1.54, 1.807) is 0 Å². The van der Waals surface area contributed by atoms with E-state index in [0.717, 1.165) is 19.4 Å².